The first-order valence-corrected chi connectivity index (χ1v) is 11.3. The molecule has 0 aliphatic carbocycles. The summed E-state index contributed by atoms with van der Waals surface area (Å²) in [5, 5.41) is 15.8. The summed E-state index contributed by atoms with van der Waals surface area (Å²) in [6.07, 6.45) is 2.23. The molecule has 0 bridgehead atoms. The molecule has 2 aromatic carbocycles. The van der Waals surface area contributed by atoms with Crippen LogP contribution in [0.3, 0.4) is 0 Å². The largest absolute Gasteiger partial charge is 0.351 e. The van der Waals surface area contributed by atoms with E-state index in [-0.39, 0.29) is 29.9 Å². The van der Waals surface area contributed by atoms with Gasteiger partial charge in [0.05, 0.1) is 22.4 Å². The second-order valence-electron chi connectivity index (χ2n) is 6.48. The molecule has 2 aromatic rings. The summed E-state index contributed by atoms with van der Waals surface area (Å²) >= 11 is 2.83. The lowest BCUT2D eigenvalue weighted by molar-refractivity contribution is -0.121. The van der Waals surface area contributed by atoms with Crippen LogP contribution in [0.1, 0.15) is 23.5 Å². The molecule has 0 spiro atoms. The van der Waals surface area contributed by atoms with Gasteiger partial charge < -0.3 is 10.6 Å². The van der Waals surface area contributed by atoms with Crippen molar-refractivity contribution in [3.8, 4) is 6.07 Å². The van der Waals surface area contributed by atoms with Crippen LogP contribution in [0.25, 0.3) is 0 Å². The Morgan fingerprint density at radius 2 is 1.93 bits per heavy atom. The molecule has 3 rings (SSSR count). The molecule has 148 valence electrons. The van der Waals surface area contributed by atoms with Crippen LogP contribution in [0.4, 0.5) is 0 Å². The highest BCUT2D eigenvalue weighted by molar-refractivity contribution is 8.03. The second kappa shape index (κ2) is 10.2. The van der Waals surface area contributed by atoms with E-state index in [2.05, 4.69) is 16.7 Å². The highest BCUT2D eigenvalue weighted by Crippen LogP contribution is 2.36. The van der Waals surface area contributed by atoms with Gasteiger partial charge in [0.1, 0.15) is 0 Å². The number of carbonyl (C=O) groups is 2. The van der Waals surface area contributed by atoms with Gasteiger partial charge in [0.25, 0.3) is 0 Å². The average molecular weight is 424 g/mol. The first-order valence-electron chi connectivity index (χ1n) is 9.12. The Morgan fingerprint density at radius 1 is 1.21 bits per heavy atom. The smallest absolute Gasteiger partial charge is 0.230 e. The standard InChI is InChI=1S/C22H21N3O2S2/c1-28-17-9-7-16(8-10-17)18-11-20(26)25-22(19(18)12-23)29-14-21(27)24-13-15-5-3-2-4-6-15/h2-10,18H,11,13-14H2,1H3,(H,24,27)(H,25,26)/t18-/m0/s1. The summed E-state index contributed by atoms with van der Waals surface area (Å²) in [5.74, 6) is -0.454. The van der Waals surface area contributed by atoms with Crippen LogP contribution < -0.4 is 10.6 Å². The molecule has 2 amide bonds. The van der Waals surface area contributed by atoms with Gasteiger partial charge in [0.2, 0.25) is 11.8 Å². The molecule has 1 aliphatic heterocycles. The van der Waals surface area contributed by atoms with Gasteiger partial charge in [-0.1, -0.05) is 54.2 Å². The first kappa shape index (κ1) is 21.0. The maximum Gasteiger partial charge on any atom is 0.230 e. The summed E-state index contributed by atoms with van der Waals surface area (Å²) in [5.41, 5.74) is 2.45. The number of hydrogen-bond donors (Lipinski definition) is 2. The zero-order valence-electron chi connectivity index (χ0n) is 16.0. The van der Waals surface area contributed by atoms with Crippen LogP contribution in [0.15, 0.2) is 70.1 Å². The number of benzene rings is 2. The third kappa shape index (κ3) is 5.66. The molecule has 1 aliphatic rings. The number of thioether (sulfide) groups is 2. The van der Waals surface area contributed by atoms with E-state index in [1.54, 1.807) is 11.8 Å². The molecule has 2 N–H and O–H groups in total. The van der Waals surface area contributed by atoms with Gasteiger partial charge in [-0.15, -0.1) is 11.8 Å². The average Bonchev–Trinajstić information content (AvgIpc) is 2.76. The predicted molar refractivity (Wildman–Crippen MR) is 117 cm³/mol. The summed E-state index contributed by atoms with van der Waals surface area (Å²) in [4.78, 5) is 25.6. The molecule has 5 nitrogen and oxygen atoms in total. The van der Waals surface area contributed by atoms with E-state index < -0.39 is 0 Å². The summed E-state index contributed by atoms with van der Waals surface area (Å²) in [7, 11) is 0. The number of rotatable bonds is 7. The number of nitrogens with one attached hydrogen (secondary N) is 2. The van der Waals surface area contributed by atoms with Crippen LogP contribution >= 0.6 is 23.5 Å². The molecule has 1 heterocycles. The minimum atomic E-state index is -0.292. The highest BCUT2D eigenvalue weighted by atomic mass is 32.2. The molecule has 0 radical (unpaired) electrons. The zero-order chi connectivity index (χ0) is 20.6. The Morgan fingerprint density at radius 3 is 2.59 bits per heavy atom. The molecule has 0 saturated carbocycles. The first-order chi connectivity index (χ1) is 14.1. The monoisotopic (exact) mass is 423 g/mol. The molecular formula is C22H21N3O2S2. The third-order valence-corrected chi connectivity index (χ3v) is 6.32. The fourth-order valence-corrected chi connectivity index (χ4v) is 4.35. The molecule has 29 heavy (non-hydrogen) atoms. The normalized spacial score (nSPS) is 16.1. The SMILES string of the molecule is CSc1ccc([C@@H]2CC(=O)NC(SCC(=O)NCc3ccccc3)=C2C#N)cc1. The highest BCUT2D eigenvalue weighted by Gasteiger charge is 2.29. The van der Waals surface area contributed by atoms with Gasteiger partial charge in [-0.25, -0.2) is 0 Å². The topological polar surface area (TPSA) is 82.0 Å². The van der Waals surface area contributed by atoms with E-state index >= 15 is 0 Å². The Balaban J connectivity index is 1.68. The summed E-state index contributed by atoms with van der Waals surface area (Å²) < 4.78 is 0. The van der Waals surface area contributed by atoms with Gasteiger partial charge in [-0.3, -0.25) is 9.59 Å². The molecule has 7 heteroatoms. The van der Waals surface area contributed by atoms with E-state index in [9.17, 15) is 14.9 Å². The summed E-state index contributed by atoms with van der Waals surface area (Å²) in [6.45, 7) is 0.446. The Hall–Kier alpha value is -2.69. The van der Waals surface area contributed by atoms with E-state index in [0.29, 0.717) is 17.1 Å². The van der Waals surface area contributed by atoms with E-state index in [4.69, 9.17) is 0 Å². The lowest BCUT2D eigenvalue weighted by atomic mass is 9.87. The number of nitriles is 1. The number of amides is 2. The summed E-state index contributed by atoms with van der Waals surface area (Å²) in [6, 6.07) is 19.8. The molecule has 0 aromatic heterocycles. The number of allylic oxidation sites excluding steroid dienone is 1. The van der Waals surface area contributed by atoms with Crippen LogP contribution in [-0.4, -0.2) is 23.8 Å². The van der Waals surface area contributed by atoms with Crippen LogP contribution in [-0.2, 0) is 16.1 Å². The molecule has 1 atom stereocenters. The molecule has 0 unspecified atom stereocenters. The molecule has 0 saturated heterocycles. The predicted octanol–water partition coefficient (Wildman–Crippen LogP) is 3.80. The number of carbonyl (C=O) groups excluding carboxylic acids is 2. The zero-order valence-corrected chi connectivity index (χ0v) is 17.6. The second-order valence-corrected chi connectivity index (χ2v) is 8.35. The molecule has 0 fully saturated rings. The van der Waals surface area contributed by atoms with Gasteiger partial charge in [-0.05, 0) is 29.5 Å². The fraction of sp³-hybridized carbons (Fsp3) is 0.227. The number of hydrogen-bond acceptors (Lipinski definition) is 5. The van der Waals surface area contributed by atoms with Crippen molar-refractivity contribution in [1.82, 2.24) is 10.6 Å². The van der Waals surface area contributed by atoms with Crippen molar-refractivity contribution >= 4 is 35.3 Å². The van der Waals surface area contributed by atoms with Crippen molar-refractivity contribution in [1.29, 1.82) is 5.26 Å². The van der Waals surface area contributed by atoms with Gasteiger partial charge in [-0.2, -0.15) is 5.26 Å². The van der Waals surface area contributed by atoms with Gasteiger partial charge in [0.15, 0.2) is 0 Å². The molecular weight excluding hydrogens is 402 g/mol. The number of nitrogens with zero attached hydrogens (tertiary/aromatic N) is 1. The van der Waals surface area contributed by atoms with Crippen molar-refractivity contribution in [2.45, 2.75) is 23.8 Å². The van der Waals surface area contributed by atoms with E-state index in [0.717, 1.165) is 16.0 Å². The Labute approximate surface area is 179 Å². The van der Waals surface area contributed by atoms with Crippen LogP contribution in [0.5, 0.6) is 0 Å². The van der Waals surface area contributed by atoms with Crippen molar-refractivity contribution < 1.29 is 9.59 Å². The van der Waals surface area contributed by atoms with Crippen molar-refractivity contribution in [3.05, 3.63) is 76.3 Å². The quantitative estimate of drug-likeness (QED) is 0.662. The maximum absolute atomic E-state index is 12.2. The van der Waals surface area contributed by atoms with Crippen molar-refractivity contribution in [3.63, 3.8) is 0 Å². The van der Waals surface area contributed by atoms with Gasteiger partial charge in [0, 0.05) is 23.8 Å². The Kier molecular flexibility index (Phi) is 7.39. The van der Waals surface area contributed by atoms with Crippen molar-refractivity contribution in [2.75, 3.05) is 12.0 Å². The Bertz CT molecular complexity index is 950. The van der Waals surface area contributed by atoms with E-state index in [1.165, 1.54) is 11.8 Å². The minimum absolute atomic E-state index is 0.131. The fourth-order valence-electron chi connectivity index (χ4n) is 3.04. The van der Waals surface area contributed by atoms with Crippen LogP contribution in [0.2, 0.25) is 0 Å². The van der Waals surface area contributed by atoms with Gasteiger partial charge >= 0.3 is 0 Å². The van der Waals surface area contributed by atoms with E-state index in [1.807, 2.05) is 60.9 Å². The lowest BCUT2D eigenvalue weighted by Gasteiger charge is -2.25. The maximum atomic E-state index is 12.2. The minimum Gasteiger partial charge on any atom is -0.351 e. The van der Waals surface area contributed by atoms with Crippen molar-refractivity contribution in [2.24, 2.45) is 0 Å². The van der Waals surface area contributed by atoms with Crippen LogP contribution in [0, 0.1) is 11.3 Å². The third-order valence-electron chi connectivity index (χ3n) is 4.55. The lowest BCUT2D eigenvalue weighted by Crippen LogP contribution is -2.32.